The first kappa shape index (κ1) is 21.7. The number of nitrogens with zero attached hydrogens (tertiary/aromatic N) is 5. The summed E-state index contributed by atoms with van der Waals surface area (Å²) < 4.78 is 1.74. The Kier molecular flexibility index (Phi) is 5.89. The van der Waals surface area contributed by atoms with E-state index in [1.165, 1.54) is 4.90 Å². The second-order valence-corrected chi connectivity index (χ2v) is 7.54. The number of aryl methyl sites for hydroxylation is 1. The van der Waals surface area contributed by atoms with Gasteiger partial charge in [0.15, 0.2) is 0 Å². The molecule has 2 aromatic heterocycles. The highest BCUT2D eigenvalue weighted by atomic mass is 16.3. The van der Waals surface area contributed by atoms with Crippen LogP contribution in [0.4, 0.5) is 10.5 Å². The number of imide groups is 1. The Hall–Kier alpha value is -4.48. The van der Waals surface area contributed by atoms with Crippen LogP contribution in [0.1, 0.15) is 33.2 Å². The number of fused-ring (bicyclic) bond motifs is 1. The van der Waals surface area contributed by atoms with Crippen LogP contribution in [-0.4, -0.2) is 67.2 Å². The highest BCUT2D eigenvalue weighted by Gasteiger charge is 2.33. The molecule has 2 aliphatic rings. The zero-order chi connectivity index (χ0) is 23.5. The Balaban J connectivity index is 0.000000821. The zero-order valence-corrected chi connectivity index (χ0v) is 17.6. The van der Waals surface area contributed by atoms with E-state index in [1.807, 2.05) is 13.2 Å². The van der Waals surface area contributed by atoms with Crippen LogP contribution in [0.5, 0.6) is 0 Å². The number of carbonyl (C=O) groups is 4. The maximum Gasteiger partial charge on any atom is 0.329 e. The van der Waals surface area contributed by atoms with Gasteiger partial charge in [-0.2, -0.15) is 5.10 Å². The van der Waals surface area contributed by atoms with Crippen molar-refractivity contribution in [1.82, 2.24) is 30.0 Å². The number of carboxylic acid groups (broad SMARTS) is 1. The Morgan fingerprint density at radius 1 is 1.21 bits per heavy atom. The average molecular weight is 451 g/mol. The lowest BCUT2D eigenvalue weighted by Gasteiger charge is -2.31. The first-order valence-corrected chi connectivity index (χ1v) is 10.0. The predicted octanol–water partition coefficient (Wildman–Crippen LogP) is 0.688. The van der Waals surface area contributed by atoms with Gasteiger partial charge < -0.3 is 15.0 Å². The zero-order valence-electron chi connectivity index (χ0n) is 17.6. The maximum absolute atomic E-state index is 13.2. The average Bonchev–Trinajstić information content (AvgIpc) is 3.53. The molecule has 1 unspecified atom stereocenters. The molecule has 1 aromatic carbocycles. The van der Waals surface area contributed by atoms with Gasteiger partial charge in [-0.1, -0.05) is 0 Å². The second-order valence-electron chi connectivity index (χ2n) is 7.54. The molecule has 12 heteroatoms. The van der Waals surface area contributed by atoms with Crippen molar-refractivity contribution >= 4 is 30.0 Å². The molecule has 0 bridgehead atoms. The van der Waals surface area contributed by atoms with E-state index in [2.05, 4.69) is 20.4 Å². The van der Waals surface area contributed by atoms with E-state index >= 15 is 0 Å². The van der Waals surface area contributed by atoms with Gasteiger partial charge in [-0.3, -0.25) is 29.3 Å². The number of hydrogen-bond donors (Lipinski definition) is 3. The van der Waals surface area contributed by atoms with Gasteiger partial charge >= 0.3 is 6.03 Å². The number of imidazole rings is 1. The van der Waals surface area contributed by atoms with Gasteiger partial charge in [-0.25, -0.2) is 9.78 Å². The molecular weight excluding hydrogens is 430 g/mol. The minimum absolute atomic E-state index is 0.0202. The summed E-state index contributed by atoms with van der Waals surface area (Å²) in [4.78, 5) is 55.5. The minimum Gasteiger partial charge on any atom is -0.483 e. The molecule has 4 amide bonds. The number of nitrogens with one attached hydrogen (secondary N) is 2. The van der Waals surface area contributed by atoms with Crippen LogP contribution in [0.2, 0.25) is 0 Å². The number of aromatic nitrogens is 4. The third kappa shape index (κ3) is 4.31. The number of rotatable bonds is 3. The quantitative estimate of drug-likeness (QED) is 0.391. The third-order valence-corrected chi connectivity index (χ3v) is 5.47. The molecule has 0 aliphatic carbocycles. The Labute approximate surface area is 187 Å². The van der Waals surface area contributed by atoms with Gasteiger partial charge in [-0.05, 0) is 24.3 Å². The normalized spacial score (nSPS) is 17.2. The van der Waals surface area contributed by atoms with Gasteiger partial charge in [0.1, 0.15) is 6.54 Å². The first-order valence-electron chi connectivity index (χ1n) is 10.0. The van der Waals surface area contributed by atoms with Gasteiger partial charge in [0, 0.05) is 42.5 Å². The largest absolute Gasteiger partial charge is 0.483 e. The van der Waals surface area contributed by atoms with Crippen LogP contribution in [-0.2, 0) is 23.2 Å². The van der Waals surface area contributed by atoms with Crippen LogP contribution in [0, 0.1) is 0 Å². The van der Waals surface area contributed by atoms with E-state index in [0.717, 1.165) is 17.0 Å². The summed E-state index contributed by atoms with van der Waals surface area (Å²) in [5.41, 5.74) is 3.93. The fourth-order valence-corrected chi connectivity index (χ4v) is 3.98. The topological polar surface area (TPSA) is 154 Å². The smallest absolute Gasteiger partial charge is 0.329 e. The molecule has 1 fully saturated rings. The van der Waals surface area contributed by atoms with Gasteiger partial charge in [0.05, 0.1) is 30.5 Å². The molecule has 1 saturated heterocycles. The van der Waals surface area contributed by atoms with Crippen LogP contribution in [0.3, 0.4) is 0 Å². The van der Waals surface area contributed by atoms with E-state index in [-0.39, 0.29) is 30.7 Å². The lowest BCUT2D eigenvalue weighted by Crippen LogP contribution is -2.38. The molecule has 0 radical (unpaired) electrons. The number of amides is 4. The standard InChI is InChI=1S/C20H19N7O3.CH2O2/c1-25-7-13(6-23-25)15-8-26(9-16-18(15)22-11-21-16)19(29)12-2-4-14(5-3-12)27-10-17(28)24-20(27)30;2-1-3/h2-7,11,15H,8-10H2,1H3,(H,21,22)(H,24,28,30);1H,(H,2,3). The highest BCUT2D eigenvalue weighted by Crippen LogP contribution is 2.32. The molecule has 0 saturated carbocycles. The number of H-pyrrole nitrogens is 1. The van der Waals surface area contributed by atoms with E-state index < -0.39 is 6.03 Å². The Morgan fingerprint density at radius 2 is 1.94 bits per heavy atom. The first-order chi connectivity index (χ1) is 15.9. The Morgan fingerprint density at radius 3 is 2.55 bits per heavy atom. The van der Waals surface area contributed by atoms with E-state index in [1.54, 1.807) is 46.4 Å². The van der Waals surface area contributed by atoms with Crippen LogP contribution in [0.15, 0.2) is 43.0 Å². The monoisotopic (exact) mass is 451 g/mol. The SMILES string of the molecule is Cn1cc(C2CN(C(=O)c3ccc(N4CC(=O)NC4=O)cc3)Cc3[nH]cnc32)cn1.O=CO. The second kappa shape index (κ2) is 8.94. The summed E-state index contributed by atoms with van der Waals surface area (Å²) in [5.74, 6) is -0.515. The van der Waals surface area contributed by atoms with E-state index in [0.29, 0.717) is 24.3 Å². The lowest BCUT2D eigenvalue weighted by atomic mass is 9.92. The van der Waals surface area contributed by atoms with E-state index in [9.17, 15) is 14.4 Å². The number of hydrogen-bond acceptors (Lipinski definition) is 6. The van der Waals surface area contributed by atoms with Crippen LogP contribution in [0.25, 0.3) is 0 Å². The fourth-order valence-electron chi connectivity index (χ4n) is 3.98. The summed E-state index contributed by atoms with van der Waals surface area (Å²) in [5, 5.41) is 13.4. The lowest BCUT2D eigenvalue weighted by molar-refractivity contribution is -0.123. The number of benzene rings is 1. The third-order valence-electron chi connectivity index (χ3n) is 5.47. The number of aromatic amines is 1. The molecule has 3 aromatic rings. The van der Waals surface area contributed by atoms with Crippen LogP contribution >= 0.6 is 0 Å². The molecule has 2 aliphatic heterocycles. The number of carbonyl (C=O) groups excluding carboxylic acids is 3. The van der Waals surface area contributed by atoms with Crippen LogP contribution < -0.4 is 10.2 Å². The predicted molar refractivity (Wildman–Crippen MR) is 114 cm³/mol. The van der Waals surface area contributed by atoms with Crippen molar-refractivity contribution < 1.29 is 24.3 Å². The molecule has 0 spiro atoms. The Bertz CT molecular complexity index is 1200. The summed E-state index contributed by atoms with van der Waals surface area (Å²) in [6.07, 6.45) is 5.39. The van der Waals surface area contributed by atoms with Crippen molar-refractivity contribution in [3.8, 4) is 0 Å². The summed E-state index contributed by atoms with van der Waals surface area (Å²) >= 11 is 0. The van der Waals surface area contributed by atoms with Crippen molar-refractivity contribution in [2.45, 2.75) is 12.5 Å². The summed E-state index contributed by atoms with van der Waals surface area (Å²) in [6.45, 7) is 0.663. The highest BCUT2D eigenvalue weighted by molar-refractivity contribution is 6.12. The van der Waals surface area contributed by atoms with Crippen molar-refractivity contribution in [3.63, 3.8) is 0 Å². The van der Waals surface area contributed by atoms with Gasteiger partial charge in [0.2, 0.25) is 5.91 Å². The van der Waals surface area contributed by atoms with Gasteiger partial charge in [-0.15, -0.1) is 0 Å². The molecule has 170 valence electrons. The summed E-state index contributed by atoms with van der Waals surface area (Å²) in [7, 11) is 1.86. The number of urea groups is 1. The fraction of sp³-hybridized carbons (Fsp3) is 0.238. The summed E-state index contributed by atoms with van der Waals surface area (Å²) in [6, 6.07) is 6.25. The van der Waals surface area contributed by atoms with Gasteiger partial charge in [0.25, 0.3) is 12.4 Å². The van der Waals surface area contributed by atoms with Crippen molar-refractivity contribution in [1.29, 1.82) is 0 Å². The molecule has 33 heavy (non-hydrogen) atoms. The van der Waals surface area contributed by atoms with E-state index in [4.69, 9.17) is 9.90 Å². The molecular formula is C21H21N7O5. The molecule has 3 N–H and O–H groups in total. The molecule has 5 rings (SSSR count). The van der Waals surface area contributed by atoms with Crippen molar-refractivity contribution in [3.05, 3.63) is 65.5 Å². The minimum atomic E-state index is -0.457. The van der Waals surface area contributed by atoms with Crippen molar-refractivity contribution in [2.24, 2.45) is 7.05 Å². The van der Waals surface area contributed by atoms with Crippen molar-refractivity contribution in [2.75, 3.05) is 18.0 Å². The molecule has 12 nitrogen and oxygen atoms in total. The molecule has 1 atom stereocenters. The maximum atomic E-state index is 13.2. The number of anilines is 1. The molecule has 4 heterocycles.